The first-order valence-electron chi connectivity index (χ1n) is 8.81. The van der Waals surface area contributed by atoms with Gasteiger partial charge in [0.2, 0.25) is 0 Å². The van der Waals surface area contributed by atoms with Gasteiger partial charge in [-0.05, 0) is 36.8 Å². The van der Waals surface area contributed by atoms with Gasteiger partial charge >= 0.3 is 0 Å². The Labute approximate surface area is 172 Å². The highest BCUT2D eigenvalue weighted by Crippen LogP contribution is 2.35. The lowest BCUT2D eigenvalue weighted by Crippen LogP contribution is -2.12. The topological polar surface area (TPSA) is 73.8 Å². The van der Waals surface area contributed by atoms with Crippen molar-refractivity contribution in [3.63, 3.8) is 0 Å². The van der Waals surface area contributed by atoms with Gasteiger partial charge in [-0.15, -0.1) is 0 Å². The molecule has 0 aliphatic carbocycles. The maximum atomic E-state index is 10.4. The van der Waals surface area contributed by atoms with E-state index < -0.39 is 6.10 Å². The number of nitrogens with one attached hydrogen (secondary N) is 2. The zero-order chi connectivity index (χ0) is 19.7. The van der Waals surface area contributed by atoms with E-state index in [2.05, 4.69) is 20.5 Å². The van der Waals surface area contributed by atoms with Crippen LogP contribution < -0.4 is 5.32 Å². The number of rotatable bonds is 5. The van der Waals surface area contributed by atoms with Crippen LogP contribution in [0.25, 0.3) is 22.3 Å². The highest BCUT2D eigenvalue weighted by Gasteiger charge is 2.17. The van der Waals surface area contributed by atoms with Gasteiger partial charge in [0.05, 0.1) is 16.8 Å². The van der Waals surface area contributed by atoms with E-state index in [0.717, 1.165) is 28.0 Å². The van der Waals surface area contributed by atoms with Crippen LogP contribution in [0.4, 0.5) is 5.69 Å². The van der Waals surface area contributed by atoms with Crippen molar-refractivity contribution in [2.75, 3.05) is 11.9 Å². The van der Waals surface area contributed by atoms with E-state index in [9.17, 15) is 5.11 Å². The third-order valence-corrected chi connectivity index (χ3v) is 5.06. The molecular weight excluding hydrogens is 395 g/mol. The monoisotopic (exact) mass is 412 g/mol. The van der Waals surface area contributed by atoms with Crippen molar-refractivity contribution in [2.24, 2.45) is 0 Å². The normalized spacial score (nSPS) is 12.3. The standard InChI is InChI=1S/C21H18Cl2N4O/c1-12-9-17(24-11-18(28)13-5-3-2-4-6-13)20-21(25-12)19(26-27-20)15-8-7-14(22)10-16(15)23/h2-10,18,28H,11H2,1H3,(H,24,25)(H,26,27). The number of aromatic amines is 1. The Kier molecular flexibility index (Phi) is 5.22. The predicted octanol–water partition coefficient (Wildman–Crippen LogP) is 5.39. The SMILES string of the molecule is Cc1cc(NCC(O)c2ccccc2)c2[nH]nc(-c3ccc(Cl)cc3Cl)c2n1. The summed E-state index contributed by atoms with van der Waals surface area (Å²) in [6.07, 6.45) is -0.627. The first-order chi connectivity index (χ1) is 13.5. The minimum absolute atomic E-state index is 0.360. The number of aliphatic hydroxyl groups is 1. The second-order valence-corrected chi connectivity index (χ2v) is 7.38. The van der Waals surface area contributed by atoms with Crippen LogP contribution in [0.15, 0.2) is 54.6 Å². The molecule has 0 saturated carbocycles. The van der Waals surface area contributed by atoms with Crippen LogP contribution in [0.2, 0.25) is 10.0 Å². The molecule has 0 bridgehead atoms. The Morgan fingerprint density at radius 3 is 2.64 bits per heavy atom. The van der Waals surface area contributed by atoms with Crippen LogP contribution in [0.1, 0.15) is 17.4 Å². The highest BCUT2D eigenvalue weighted by molar-refractivity contribution is 6.36. The number of aryl methyl sites for hydroxylation is 1. The van der Waals surface area contributed by atoms with Gasteiger partial charge in [-0.25, -0.2) is 4.98 Å². The van der Waals surface area contributed by atoms with Gasteiger partial charge in [-0.1, -0.05) is 53.5 Å². The van der Waals surface area contributed by atoms with Crippen LogP contribution in [0.3, 0.4) is 0 Å². The first-order valence-corrected chi connectivity index (χ1v) is 9.56. The molecular formula is C21H18Cl2N4O. The maximum absolute atomic E-state index is 10.4. The Morgan fingerprint density at radius 1 is 1.11 bits per heavy atom. The molecule has 1 atom stereocenters. The van der Waals surface area contributed by atoms with Gasteiger partial charge in [-0.2, -0.15) is 5.10 Å². The number of anilines is 1. The second kappa shape index (κ2) is 7.80. The lowest BCUT2D eigenvalue weighted by atomic mass is 10.1. The van der Waals surface area contributed by atoms with E-state index in [1.54, 1.807) is 12.1 Å². The lowest BCUT2D eigenvalue weighted by molar-refractivity contribution is 0.191. The molecule has 5 nitrogen and oxygen atoms in total. The van der Waals surface area contributed by atoms with E-state index in [-0.39, 0.29) is 0 Å². The van der Waals surface area contributed by atoms with E-state index in [1.807, 2.05) is 49.4 Å². The summed E-state index contributed by atoms with van der Waals surface area (Å²) in [4.78, 5) is 4.63. The molecule has 1 unspecified atom stereocenters. The summed E-state index contributed by atoms with van der Waals surface area (Å²) >= 11 is 12.4. The molecule has 0 fully saturated rings. The van der Waals surface area contributed by atoms with Crippen molar-refractivity contribution < 1.29 is 5.11 Å². The molecule has 7 heteroatoms. The Bertz CT molecular complexity index is 1130. The molecule has 28 heavy (non-hydrogen) atoms. The van der Waals surface area contributed by atoms with Crippen molar-refractivity contribution in [2.45, 2.75) is 13.0 Å². The van der Waals surface area contributed by atoms with Gasteiger partial charge in [0.1, 0.15) is 16.7 Å². The smallest absolute Gasteiger partial charge is 0.120 e. The summed E-state index contributed by atoms with van der Waals surface area (Å²) in [5.74, 6) is 0. The lowest BCUT2D eigenvalue weighted by Gasteiger charge is -2.14. The van der Waals surface area contributed by atoms with Crippen LogP contribution in [0, 0.1) is 6.92 Å². The van der Waals surface area contributed by atoms with Crippen molar-refractivity contribution in [3.05, 3.63) is 75.9 Å². The van der Waals surface area contributed by atoms with E-state index in [0.29, 0.717) is 27.8 Å². The maximum Gasteiger partial charge on any atom is 0.120 e. The third kappa shape index (κ3) is 3.69. The van der Waals surface area contributed by atoms with E-state index in [4.69, 9.17) is 23.2 Å². The Balaban J connectivity index is 1.68. The van der Waals surface area contributed by atoms with Gasteiger partial charge in [0.25, 0.3) is 0 Å². The molecule has 142 valence electrons. The summed E-state index contributed by atoms with van der Waals surface area (Å²) in [5, 5.41) is 22.3. The molecule has 3 N–H and O–H groups in total. The number of aromatic nitrogens is 3. The Morgan fingerprint density at radius 2 is 1.89 bits per heavy atom. The molecule has 2 aromatic heterocycles. The van der Waals surface area contributed by atoms with Crippen LogP contribution in [0.5, 0.6) is 0 Å². The van der Waals surface area contributed by atoms with Crippen LogP contribution in [-0.4, -0.2) is 26.8 Å². The Hall–Kier alpha value is -2.60. The number of fused-ring (bicyclic) bond motifs is 1. The molecule has 0 amide bonds. The number of benzene rings is 2. The number of hydrogen-bond acceptors (Lipinski definition) is 4. The highest BCUT2D eigenvalue weighted by atomic mass is 35.5. The largest absolute Gasteiger partial charge is 0.387 e. The molecule has 0 saturated heterocycles. The van der Waals surface area contributed by atoms with Crippen molar-refractivity contribution in [3.8, 4) is 11.3 Å². The molecule has 0 spiro atoms. The molecule has 0 aliphatic heterocycles. The summed E-state index contributed by atoms with van der Waals surface area (Å²) in [7, 11) is 0. The zero-order valence-corrected chi connectivity index (χ0v) is 16.6. The fourth-order valence-electron chi connectivity index (χ4n) is 3.13. The number of pyridine rings is 1. The summed E-state index contributed by atoms with van der Waals surface area (Å²) in [5.41, 5.74) is 5.39. The number of halogens is 2. The number of nitrogens with zero attached hydrogens (tertiary/aromatic N) is 2. The zero-order valence-electron chi connectivity index (χ0n) is 15.1. The first kappa shape index (κ1) is 18.7. The van der Waals surface area contributed by atoms with Crippen molar-refractivity contribution in [1.82, 2.24) is 15.2 Å². The van der Waals surface area contributed by atoms with Gasteiger partial charge < -0.3 is 10.4 Å². The van der Waals surface area contributed by atoms with Gasteiger partial charge in [0, 0.05) is 22.8 Å². The minimum Gasteiger partial charge on any atom is -0.387 e. The molecule has 4 aromatic rings. The van der Waals surface area contributed by atoms with Crippen molar-refractivity contribution in [1.29, 1.82) is 0 Å². The van der Waals surface area contributed by atoms with E-state index >= 15 is 0 Å². The summed E-state index contributed by atoms with van der Waals surface area (Å²) in [6, 6.07) is 16.7. The number of H-pyrrole nitrogens is 1. The number of hydrogen-bond donors (Lipinski definition) is 3. The third-order valence-electron chi connectivity index (χ3n) is 4.51. The molecule has 0 aliphatic rings. The fourth-order valence-corrected chi connectivity index (χ4v) is 3.63. The van der Waals surface area contributed by atoms with Crippen LogP contribution in [-0.2, 0) is 0 Å². The van der Waals surface area contributed by atoms with Crippen molar-refractivity contribution >= 4 is 39.9 Å². The minimum atomic E-state index is -0.627. The molecule has 0 radical (unpaired) electrons. The quantitative estimate of drug-likeness (QED) is 0.410. The van der Waals surface area contributed by atoms with Crippen LogP contribution >= 0.6 is 23.2 Å². The molecule has 4 rings (SSSR count). The average molecular weight is 413 g/mol. The average Bonchev–Trinajstić information content (AvgIpc) is 3.10. The van der Waals surface area contributed by atoms with E-state index in [1.165, 1.54) is 0 Å². The summed E-state index contributed by atoms with van der Waals surface area (Å²) in [6.45, 7) is 2.27. The second-order valence-electron chi connectivity index (χ2n) is 6.54. The predicted molar refractivity (Wildman–Crippen MR) is 114 cm³/mol. The number of aliphatic hydroxyl groups excluding tert-OH is 1. The summed E-state index contributed by atoms with van der Waals surface area (Å²) < 4.78 is 0. The van der Waals surface area contributed by atoms with Gasteiger partial charge in [-0.3, -0.25) is 5.10 Å². The molecule has 2 heterocycles. The van der Waals surface area contributed by atoms with Gasteiger partial charge in [0.15, 0.2) is 0 Å². The molecule has 2 aromatic carbocycles. The fraction of sp³-hybridized carbons (Fsp3) is 0.143.